The van der Waals surface area contributed by atoms with Gasteiger partial charge in [0, 0.05) is 18.8 Å². The summed E-state index contributed by atoms with van der Waals surface area (Å²) in [5.41, 5.74) is 3.96. The molecule has 0 saturated carbocycles. The number of benzene rings is 1. The molecule has 2 rings (SSSR count). The number of nitrogens with zero attached hydrogens (tertiary/aromatic N) is 2. The van der Waals surface area contributed by atoms with E-state index in [2.05, 4.69) is 15.7 Å². The molecule has 1 unspecified atom stereocenters. The molecule has 0 aliphatic heterocycles. The highest BCUT2D eigenvalue weighted by Gasteiger charge is 2.09. The SMILES string of the molecule is Cc1cc(C)n(-c2ccccc2CNC(=O)NCCC(C)O)n1. The van der Waals surface area contributed by atoms with Crippen LogP contribution in [0.4, 0.5) is 4.79 Å². The second kappa shape index (κ2) is 7.78. The maximum absolute atomic E-state index is 11.8. The molecular weight excluding hydrogens is 292 g/mol. The monoisotopic (exact) mass is 316 g/mol. The van der Waals surface area contributed by atoms with Gasteiger partial charge in [0.15, 0.2) is 0 Å². The molecule has 0 spiro atoms. The van der Waals surface area contributed by atoms with Gasteiger partial charge < -0.3 is 15.7 Å². The van der Waals surface area contributed by atoms with Crippen molar-refractivity contribution in [2.75, 3.05) is 6.54 Å². The van der Waals surface area contributed by atoms with E-state index in [1.807, 2.05) is 48.9 Å². The van der Waals surface area contributed by atoms with Gasteiger partial charge in [0.2, 0.25) is 0 Å². The van der Waals surface area contributed by atoms with Gasteiger partial charge in [-0.2, -0.15) is 5.10 Å². The molecule has 6 heteroatoms. The first-order chi connectivity index (χ1) is 11.0. The molecule has 0 radical (unpaired) electrons. The van der Waals surface area contributed by atoms with E-state index >= 15 is 0 Å². The van der Waals surface area contributed by atoms with Crippen molar-refractivity contribution in [2.45, 2.75) is 39.8 Å². The number of carbonyl (C=O) groups excluding carboxylic acids is 1. The molecule has 1 heterocycles. The Bertz CT molecular complexity index is 664. The quantitative estimate of drug-likeness (QED) is 0.763. The number of aliphatic hydroxyl groups excluding tert-OH is 1. The third kappa shape index (κ3) is 4.82. The Morgan fingerprint density at radius 3 is 2.70 bits per heavy atom. The lowest BCUT2D eigenvalue weighted by atomic mass is 10.1. The Kier molecular flexibility index (Phi) is 5.76. The summed E-state index contributed by atoms with van der Waals surface area (Å²) in [6.45, 7) is 6.52. The van der Waals surface area contributed by atoms with Crippen molar-refractivity contribution in [2.24, 2.45) is 0 Å². The van der Waals surface area contributed by atoms with Gasteiger partial charge in [-0.1, -0.05) is 18.2 Å². The van der Waals surface area contributed by atoms with Crippen LogP contribution in [0.1, 0.15) is 30.3 Å². The Labute approximate surface area is 136 Å². The first kappa shape index (κ1) is 17.0. The highest BCUT2D eigenvalue weighted by Crippen LogP contribution is 2.16. The Balaban J connectivity index is 2.01. The zero-order chi connectivity index (χ0) is 16.8. The fourth-order valence-electron chi connectivity index (χ4n) is 2.37. The van der Waals surface area contributed by atoms with Crippen LogP contribution in [-0.4, -0.2) is 33.6 Å². The van der Waals surface area contributed by atoms with Crippen LogP contribution in [0.3, 0.4) is 0 Å². The van der Waals surface area contributed by atoms with E-state index in [-0.39, 0.29) is 6.03 Å². The van der Waals surface area contributed by atoms with Crippen LogP contribution in [0.5, 0.6) is 0 Å². The zero-order valence-corrected chi connectivity index (χ0v) is 13.8. The van der Waals surface area contributed by atoms with Crippen LogP contribution in [0.2, 0.25) is 0 Å². The number of nitrogens with one attached hydrogen (secondary N) is 2. The predicted octanol–water partition coefficient (Wildman–Crippen LogP) is 2.06. The zero-order valence-electron chi connectivity index (χ0n) is 13.8. The third-order valence-electron chi connectivity index (χ3n) is 3.52. The van der Waals surface area contributed by atoms with Crippen molar-refractivity contribution >= 4 is 6.03 Å². The van der Waals surface area contributed by atoms with E-state index in [4.69, 9.17) is 0 Å². The summed E-state index contributed by atoms with van der Waals surface area (Å²) in [6, 6.07) is 9.64. The van der Waals surface area contributed by atoms with Gasteiger partial charge in [0.05, 0.1) is 17.5 Å². The molecule has 0 bridgehead atoms. The molecule has 6 nitrogen and oxygen atoms in total. The summed E-state index contributed by atoms with van der Waals surface area (Å²) in [6.07, 6.45) is 0.123. The molecule has 1 atom stereocenters. The van der Waals surface area contributed by atoms with Crippen molar-refractivity contribution < 1.29 is 9.90 Å². The first-order valence-electron chi connectivity index (χ1n) is 7.78. The van der Waals surface area contributed by atoms with Crippen LogP contribution in [0.15, 0.2) is 30.3 Å². The lowest BCUT2D eigenvalue weighted by Gasteiger charge is -2.13. The highest BCUT2D eigenvalue weighted by molar-refractivity contribution is 5.73. The van der Waals surface area contributed by atoms with E-state index in [1.54, 1.807) is 6.92 Å². The van der Waals surface area contributed by atoms with Crippen LogP contribution < -0.4 is 10.6 Å². The number of hydrogen-bond acceptors (Lipinski definition) is 3. The van der Waals surface area contributed by atoms with Crippen LogP contribution in [-0.2, 0) is 6.54 Å². The Hall–Kier alpha value is -2.34. The van der Waals surface area contributed by atoms with Gasteiger partial charge in [-0.05, 0) is 44.9 Å². The van der Waals surface area contributed by atoms with E-state index < -0.39 is 6.10 Å². The number of hydrogen-bond donors (Lipinski definition) is 3. The normalized spacial score (nSPS) is 12.0. The molecule has 1 aromatic carbocycles. The molecule has 2 amide bonds. The molecule has 0 aliphatic carbocycles. The average molecular weight is 316 g/mol. The molecule has 0 aliphatic rings. The summed E-state index contributed by atoms with van der Waals surface area (Å²) in [7, 11) is 0. The van der Waals surface area contributed by atoms with Gasteiger partial charge in [-0.3, -0.25) is 0 Å². The minimum Gasteiger partial charge on any atom is -0.393 e. The summed E-state index contributed by atoms with van der Waals surface area (Å²) in [4.78, 5) is 11.8. The molecule has 124 valence electrons. The van der Waals surface area contributed by atoms with Gasteiger partial charge in [-0.15, -0.1) is 0 Å². The van der Waals surface area contributed by atoms with Gasteiger partial charge in [-0.25, -0.2) is 9.48 Å². The lowest BCUT2D eigenvalue weighted by Crippen LogP contribution is -2.36. The average Bonchev–Trinajstić information content (AvgIpc) is 2.83. The summed E-state index contributed by atoms with van der Waals surface area (Å²) >= 11 is 0. The number of urea groups is 1. The summed E-state index contributed by atoms with van der Waals surface area (Å²) < 4.78 is 1.89. The van der Waals surface area contributed by atoms with E-state index in [9.17, 15) is 9.90 Å². The lowest BCUT2D eigenvalue weighted by molar-refractivity contribution is 0.183. The molecule has 3 N–H and O–H groups in total. The number of amides is 2. The minimum absolute atomic E-state index is 0.242. The van der Waals surface area contributed by atoms with E-state index in [0.717, 1.165) is 22.6 Å². The molecule has 0 fully saturated rings. The third-order valence-corrected chi connectivity index (χ3v) is 3.52. The second-order valence-corrected chi connectivity index (χ2v) is 5.71. The number of rotatable bonds is 6. The fourth-order valence-corrected chi connectivity index (χ4v) is 2.37. The number of aliphatic hydroxyl groups is 1. The molecule has 0 saturated heterocycles. The Morgan fingerprint density at radius 1 is 1.30 bits per heavy atom. The van der Waals surface area contributed by atoms with E-state index in [0.29, 0.717) is 19.5 Å². The topological polar surface area (TPSA) is 79.2 Å². The van der Waals surface area contributed by atoms with Crippen molar-refractivity contribution in [3.05, 3.63) is 47.3 Å². The smallest absolute Gasteiger partial charge is 0.315 e. The number of aromatic nitrogens is 2. The summed E-state index contributed by atoms with van der Waals surface area (Å²) in [5.74, 6) is 0. The van der Waals surface area contributed by atoms with Crippen LogP contribution in [0.25, 0.3) is 5.69 Å². The van der Waals surface area contributed by atoms with E-state index in [1.165, 1.54) is 0 Å². The maximum atomic E-state index is 11.8. The van der Waals surface area contributed by atoms with Crippen molar-refractivity contribution in [3.63, 3.8) is 0 Å². The number of para-hydroxylation sites is 1. The standard InChI is InChI=1S/C17H24N4O2/c1-12-10-13(2)21(20-12)16-7-5-4-6-15(16)11-19-17(23)18-9-8-14(3)22/h4-7,10,14,22H,8-9,11H2,1-3H3,(H2,18,19,23). The number of aryl methyl sites for hydroxylation is 2. The van der Waals surface area contributed by atoms with Gasteiger partial charge in [0.25, 0.3) is 0 Å². The van der Waals surface area contributed by atoms with Gasteiger partial charge in [0.1, 0.15) is 0 Å². The Morgan fingerprint density at radius 2 is 2.04 bits per heavy atom. The molecule has 23 heavy (non-hydrogen) atoms. The van der Waals surface area contributed by atoms with Crippen LogP contribution in [0, 0.1) is 13.8 Å². The maximum Gasteiger partial charge on any atom is 0.315 e. The van der Waals surface area contributed by atoms with Crippen molar-refractivity contribution in [1.29, 1.82) is 0 Å². The number of carbonyl (C=O) groups is 1. The predicted molar refractivity (Wildman–Crippen MR) is 89.6 cm³/mol. The molecule has 1 aromatic heterocycles. The van der Waals surface area contributed by atoms with Crippen molar-refractivity contribution in [3.8, 4) is 5.69 Å². The fraction of sp³-hybridized carbons (Fsp3) is 0.412. The van der Waals surface area contributed by atoms with Gasteiger partial charge >= 0.3 is 6.03 Å². The largest absolute Gasteiger partial charge is 0.393 e. The summed E-state index contributed by atoms with van der Waals surface area (Å²) in [5, 5.41) is 19.2. The highest BCUT2D eigenvalue weighted by atomic mass is 16.3. The van der Waals surface area contributed by atoms with Crippen LogP contribution >= 0.6 is 0 Å². The molecule has 2 aromatic rings. The first-order valence-corrected chi connectivity index (χ1v) is 7.78. The second-order valence-electron chi connectivity index (χ2n) is 5.71. The van der Waals surface area contributed by atoms with Crippen molar-refractivity contribution in [1.82, 2.24) is 20.4 Å². The molecular formula is C17H24N4O2. The minimum atomic E-state index is -0.415.